The number of hydrogen-bond acceptors (Lipinski definition) is 5. The van der Waals surface area contributed by atoms with Gasteiger partial charge in [0.15, 0.2) is 0 Å². The Morgan fingerprint density at radius 2 is 0.586 bits per heavy atom. The molecule has 0 spiro atoms. The second-order valence-electron chi connectivity index (χ2n) is 22.5. The van der Waals surface area contributed by atoms with Gasteiger partial charge in [-0.05, 0) is 25.7 Å². The number of aliphatic hydroxyl groups is 2. The Morgan fingerprint density at radius 1 is 0.343 bits per heavy atom. The second kappa shape index (κ2) is 60.4. The minimum absolute atomic E-state index is 0.0122. The predicted octanol–water partition coefficient (Wildman–Crippen LogP) is 20.3. The van der Waals surface area contributed by atoms with Crippen LogP contribution in [0.2, 0.25) is 0 Å². The van der Waals surface area contributed by atoms with E-state index < -0.39 is 12.1 Å². The molecule has 0 aromatic heterocycles. The number of rotatable bonds is 61. The third kappa shape index (κ3) is 56.2. The minimum atomic E-state index is -0.666. The average molecular weight is 991 g/mol. The first-order chi connectivity index (χ1) is 34.5. The number of aliphatic hydroxyl groups excluding tert-OH is 2. The van der Waals surface area contributed by atoms with Crippen molar-refractivity contribution in [2.75, 3.05) is 13.2 Å². The number of carbonyl (C=O) groups is 2. The van der Waals surface area contributed by atoms with E-state index in [-0.39, 0.29) is 18.5 Å². The summed E-state index contributed by atoms with van der Waals surface area (Å²) in [6.07, 6.45) is 71.1. The Labute approximate surface area is 438 Å². The fourth-order valence-electron chi connectivity index (χ4n) is 10.5. The molecule has 0 aromatic rings. The summed E-state index contributed by atoms with van der Waals surface area (Å²) in [5.74, 6) is -0.0222. The van der Waals surface area contributed by atoms with Gasteiger partial charge in [0, 0.05) is 12.8 Å². The van der Waals surface area contributed by atoms with Crippen molar-refractivity contribution < 1.29 is 24.5 Å². The van der Waals surface area contributed by atoms with Gasteiger partial charge in [-0.25, -0.2) is 0 Å². The molecule has 0 rings (SSSR count). The van der Waals surface area contributed by atoms with Crippen molar-refractivity contribution in [3.63, 3.8) is 0 Å². The molecule has 0 aliphatic heterocycles. The summed E-state index contributed by atoms with van der Waals surface area (Å²) in [7, 11) is 0. The van der Waals surface area contributed by atoms with Crippen LogP contribution in [-0.2, 0) is 14.3 Å². The molecule has 0 heterocycles. The highest BCUT2D eigenvalue weighted by atomic mass is 16.5. The second-order valence-corrected chi connectivity index (χ2v) is 22.5. The van der Waals surface area contributed by atoms with Crippen molar-refractivity contribution in [1.29, 1.82) is 0 Å². The van der Waals surface area contributed by atoms with E-state index in [2.05, 4.69) is 19.2 Å². The molecule has 0 bridgehead atoms. The fourth-order valence-corrected chi connectivity index (χ4v) is 10.5. The SMILES string of the molecule is CCCCCCCCCCCCCCCCCCCCCC(O)C(CO)NC(=O)CCCCCCCCCCCCCCCCCCCCOC(=O)CCCCCCCCCCCCCCCCCC. The Morgan fingerprint density at radius 3 is 0.871 bits per heavy atom. The first-order valence-electron chi connectivity index (χ1n) is 32.3. The summed E-state index contributed by atoms with van der Waals surface area (Å²) in [6, 6.07) is -0.544. The summed E-state index contributed by atoms with van der Waals surface area (Å²) < 4.78 is 5.49. The van der Waals surface area contributed by atoms with E-state index in [0.717, 1.165) is 38.5 Å². The lowest BCUT2D eigenvalue weighted by molar-refractivity contribution is -0.143. The van der Waals surface area contributed by atoms with Gasteiger partial charge in [-0.1, -0.05) is 335 Å². The number of unbranched alkanes of at least 4 members (excludes halogenated alkanes) is 50. The molecular formula is C64H127NO5. The lowest BCUT2D eigenvalue weighted by atomic mass is 10.0. The van der Waals surface area contributed by atoms with Crippen molar-refractivity contribution in [1.82, 2.24) is 5.32 Å². The maximum Gasteiger partial charge on any atom is 0.305 e. The topological polar surface area (TPSA) is 95.9 Å². The summed E-state index contributed by atoms with van der Waals surface area (Å²) in [5.41, 5.74) is 0. The van der Waals surface area contributed by atoms with E-state index in [1.54, 1.807) is 0 Å². The van der Waals surface area contributed by atoms with Crippen LogP contribution < -0.4 is 5.32 Å². The zero-order valence-corrected chi connectivity index (χ0v) is 47.8. The van der Waals surface area contributed by atoms with Crippen LogP contribution in [0, 0.1) is 0 Å². The molecule has 0 saturated carbocycles. The van der Waals surface area contributed by atoms with Crippen molar-refractivity contribution in [3.05, 3.63) is 0 Å². The molecule has 3 N–H and O–H groups in total. The van der Waals surface area contributed by atoms with Crippen LogP contribution in [0.1, 0.15) is 373 Å². The van der Waals surface area contributed by atoms with Crippen LogP contribution in [0.4, 0.5) is 0 Å². The molecule has 0 radical (unpaired) electrons. The van der Waals surface area contributed by atoms with Gasteiger partial charge in [0.25, 0.3) is 0 Å². The quantitative estimate of drug-likeness (QED) is 0.0417. The van der Waals surface area contributed by atoms with E-state index in [9.17, 15) is 19.8 Å². The molecular weight excluding hydrogens is 863 g/mol. The van der Waals surface area contributed by atoms with Crippen LogP contribution >= 0.6 is 0 Å². The van der Waals surface area contributed by atoms with Crippen molar-refractivity contribution >= 4 is 11.9 Å². The first-order valence-corrected chi connectivity index (χ1v) is 32.3. The van der Waals surface area contributed by atoms with Gasteiger partial charge in [-0.2, -0.15) is 0 Å². The van der Waals surface area contributed by atoms with Crippen LogP contribution in [0.3, 0.4) is 0 Å². The van der Waals surface area contributed by atoms with Gasteiger partial charge in [-0.15, -0.1) is 0 Å². The van der Waals surface area contributed by atoms with Gasteiger partial charge < -0.3 is 20.3 Å². The lowest BCUT2D eigenvalue weighted by Crippen LogP contribution is -2.45. The first kappa shape index (κ1) is 68.9. The van der Waals surface area contributed by atoms with Gasteiger partial charge in [0.1, 0.15) is 0 Å². The number of hydrogen-bond donors (Lipinski definition) is 3. The molecule has 6 nitrogen and oxygen atoms in total. The number of nitrogens with one attached hydrogen (secondary N) is 1. The Kier molecular flexibility index (Phi) is 59.4. The fraction of sp³-hybridized carbons (Fsp3) is 0.969. The zero-order chi connectivity index (χ0) is 50.7. The molecule has 0 aliphatic rings. The van der Waals surface area contributed by atoms with Gasteiger partial charge in [0.05, 0.1) is 25.4 Å². The Hall–Kier alpha value is -1.14. The Bertz CT molecular complexity index is 1010. The van der Waals surface area contributed by atoms with E-state index >= 15 is 0 Å². The van der Waals surface area contributed by atoms with Crippen LogP contribution in [0.15, 0.2) is 0 Å². The van der Waals surface area contributed by atoms with Gasteiger partial charge >= 0.3 is 5.97 Å². The monoisotopic (exact) mass is 990 g/mol. The molecule has 70 heavy (non-hydrogen) atoms. The third-order valence-corrected chi connectivity index (χ3v) is 15.4. The average Bonchev–Trinajstić information content (AvgIpc) is 3.36. The largest absolute Gasteiger partial charge is 0.466 e. The molecule has 6 heteroatoms. The highest BCUT2D eigenvalue weighted by Crippen LogP contribution is 2.19. The number of ether oxygens (including phenoxy) is 1. The molecule has 0 aliphatic carbocycles. The molecule has 2 unspecified atom stereocenters. The third-order valence-electron chi connectivity index (χ3n) is 15.4. The van der Waals surface area contributed by atoms with E-state index in [4.69, 9.17) is 4.74 Å². The highest BCUT2D eigenvalue weighted by Gasteiger charge is 2.20. The Balaban J connectivity index is 3.38. The van der Waals surface area contributed by atoms with Crippen LogP contribution in [0.25, 0.3) is 0 Å². The summed E-state index contributed by atoms with van der Waals surface area (Å²) >= 11 is 0. The standard InChI is InChI=1S/C64H127NO5/c1-3-5-7-9-11-13-15-17-19-21-22-25-28-32-36-40-44-48-52-56-62(67)61(60-66)65-63(68)57-53-49-45-41-37-33-29-26-23-24-27-31-35-39-43-47-51-55-59-70-64(69)58-54-50-46-42-38-34-30-20-18-16-14-12-10-8-6-4-2/h61-62,66-67H,3-60H2,1-2H3,(H,65,68). The molecule has 0 aromatic carbocycles. The molecule has 0 fully saturated rings. The van der Waals surface area contributed by atoms with Crippen molar-refractivity contribution in [2.45, 2.75) is 386 Å². The molecule has 1 amide bonds. The van der Waals surface area contributed by atoms with Crippen molar-refractivity contribution in [3.8, 4) is 0 Å². The number of carbonyl (C=O) groups excluding carboxylic acids is 2. The maximum absolute atomic E-state index is 12.5. The molecule has 0 saturated heterocycles. The van der Waals surface area contributed by atoms with E-state index in [1.807, 2.05) is 0 Å². The number of amides is 1. The smallest absolute Gasteiger partial charge is 0.305 e. The predicted molar refractivity (Wildman–Crippen MR) is 306 cm³/mol. The van der Waals surface area contributed by atoms with Crippen LogP contribution in [0.5, 0.6) is 0 Å². The van der Waals surface area contributed by atoms with E-state index in [1.165, 1.54) is 302 Å². The summed E-state index contributed by atoms with van der Waals surface area (Å²) in [4.78, 5) is 24.6. The molecule has 2 atom stereocenters. The molecule has 418 valence electrons. The normalized spacial score (nSPS) is 12.5. The van der Waals surface area contributed by atoms with Gasteiger partial charge in [-0.3, -0.25) is 9.59 Å². The van der Waals surface area contributed by atoms with Gasteiger partial charge in [0.2, 0.25) is 5.91 Å². The number of esters is 1. The zero-order valence-electron chi connectivity index (χ0n) is 47.8. The summed E-state index contributed by atoms with van der Waals surface area (Å²) in [6.45, 7) is 4.99. The lowest BCUT2D eigenvalue weighted by Gasteiger charge is -2.22. The van der Waals surface area contributed by atoms with E-state index in [0.29, 0.717) is 25.9 Å². The minimum Gasteiger partial charge on any atom is -0.466 e. The van der Waals surface area contributed by atoms with Crippen LogP contribution in [-0.4, -0.2) is 47.4 Å². The summed E-state index contributed by atoms with van der Waals surface area (Å²) in [5, 5.41) is 23.4. The highest BCUT2D eigenvalue weighted by molar-refractivity contribution is 5.76. The maximum atomic E-state index is 12.5. The van der Waals surface area contributed by atoms with Crippen molar-refractivity contribution in [2.24, 2.45) is 0 Å².